The predicted octanol–water partition coefficient (Wildman–Crippen LogP) is 2.54. The molecule has 0 heterocycles. The van der Waals surface area contributed by atoms with Crippen LogP contribution in [-0.4, -0.2) is 17.6 Å². The largest absolute Gasteiger partial charge is 0.392 e. The van der Waals surface area contributed by atoms with Gasteiger partial charge in [-0.1, -0.05) is 36.4 Å². The lowest BCUT2D eigenvalue weighted by Gasteiger charge is -2.11. The van der Waals surface area contributed by atoms with E-state index in [2.05, 4.69) is 10.6 Å². The van der Waals surface area contributed by atoms with Crippen molar-refractivity contribution in [1.82, 2.24) is 5.32 Å². The average Bonchev–Trinajstić information content (AvgIpc) is 2.53. The Labute approximate surface area is 124 Å². The molecule has 4 nitrogen and oxygen atoms in total. The van der Waals surface area contributed by atoms with Gasteiger partial charge in [-0.05, 0) is 30.2 Å². The molecule has 0 radical (unpaired) electrons. The fourth-order valence-electron chi connectivity index (χ4n) is 2.14. The van der Waals surface area contributed by atoms with E-state index < -0.39 is 0 Å². The average molecular weight is 284 g/mol. The van der Waals surface area contributed by atoms with E-state index in [0.29, 0.717) is 12.1 Å². The van der Waals surface area contributed by atoms with Gasteiger partial charge in [0, 0.05) is 18.8 Å². The molecule has 4 heteroatoms. The molecule has 3 N–H and O–H groups in total. The number of carbonyl (C=O) groups is 1. The van der Waals surface area contributed by atoms with Crippen LogP contribution in [0.15, 0.2) is 48.5 Å². The van der Waals surface area contributed by atoms with Gasteiger partial charge in [0.2, 0.25) is 0 Å². The van der Waals surface area contributed by atoms with Gasteiger partial charge in [-0.25, -0.2) is 0 Å². The van der Waals surface area contributed by atoms with Gasteiger partial charge in [0.1, 0.15) is 0 Å². The summed E-state index contributed by atoms with van der Waals surface area (Å²) in [5.41, 5.74) is 3.28. The van der Waals surface area contributed by atoms with Gasteiger partial charge in [-0.3, -0.25) is 4.79 Å². The van der Waals surface area contributed by atoms with Crippen molar-refractivity contribution in [3.8, 4) is 0 Å². The minimum atomic E-state index is -0.110. The van der Waals surface area contributed by atoms with E-state index in [-0.39, 0.29) is 12.5 Å². The molecule has 0 fully saturated rings. The van der Waals surface area contributed by atoms with Gasteiger partial charge in [0.25, 0.3) is 5.91 Å². The van der Waals surface area contributed by atoms with Crippen LogP contribution in [0.3, 0.4) is 0 Å². The van der Waals surface area contributed by atoms with Gasteiger partial charge in [0.05, 0.1) is 12.2 Å². The standard InChI is InChI=1S/C17H20N2O2/c1-2-18-16-9-4-3-8-15(16)17(21)19-11-13-6-5-7-14(10-13)12-20/h3-10,18,20H,2,11-12H2,1H3,(H,19,21). The quantitative estimate of drug-likeness (QED) is 0.764. The SMILES string of the molecule is CCNc1ccccc1C(=O)NCc1cccc(CO)c1. The highest BCUT2D eigenvalue weighted by atomic mass is 16.3. The Balaban J connectivity index is 2.04. The minimum absolute atomic E-state index is 0.00500. The number of rotatable bonds is 6. The molecular weight excluding hydrogens is 264 g/mol. The summed E-state index contributed by atoms with van der Waals surface area (Å²) < 4.78 is 0. The maximum Gasteiger partial charge on any atom is 0.253 e. The molecule has 1 amide bonds. The van der Waals surface area contributed by atoms with Crippen molar-refractivity contribution in [3.63, 3.8) is 0 Å². The van der Waals surface area contributed by atoms with Crippen LogP contribution in [0.2, 0.25) is 0 Å². The smallest absolute Gasteiger partial charge is 0.253 e. The van der Waals surface area contributed by atoms with Gasteiger partial charge >= 0.3 is 0 Å². The van der Waals surface area contributed by atoms with Crippen molar-refractivity contribution in [2.75, 3.05) is 11.9 Å². The number of carbonyl (C=O) groups excluding carboxylic acids is 1. The lowest BCUT2D eigenvalue weighted by atomic mass is 10.1. The molecule has 0 aromatic heterocycles. The Morgan fingerprint density at radius 3 is 2.62 bits per heavy atom. The Morgan fingerprint density at radius 1 is 1.10 bits per heavy atom. The molecule has 110 valence electrons. The lowest BCUT2D eigenvalue weighted by molar-refractivity contribution is 0.0951. The van der Waals surface area contributed by atoms with Crippen LogP contribution in [-0.2, 0) is 13.2 Å². The molecule has 2 aromatic carbocycles. The first kappa shape index (κ1) is 15.1. The summed E-state index contributed by atoms with van der Waals surface area (Å²) in [5.74, 6) is -0.110. The number of amides is 1. The zero-order valence-electron chi connectivity index (χ0n) is 12.1. The van der Waals surface area contributed by atoms with E-state index in [1.54, 1.807) is 6.07 Å². The normalized spacial score (nSPS) is 10.2. The first-order valence-corrected chi connectivity index (χ1v) is 7.04. The number of nitrogens with one attached hydrogen (secondary N) is 2. The fourth-order valence-corrected chi connectivity index (χ4v) is 2.14. The van der Waals surface area contributed by atoms with Crippen LogP contribution in [0, 0.1) is 0 Å². The zero-order chi connectivity index (χ0) is 15.1. The monoisotopic (exact) mass is 284 g/mol. The van der Waals surface area contributed by atoms with Crippen LogP contribution in [0.1, 0.15) is 28.4 Å². The summed E-state index contributed by atoms with van der Waals surface area (Å²) in [6.45, 7) is 3.20. The molecule has 0 saturated carbocycles. The summed E-state index contributed by atoms with van der Waals surface area (Å²) in [7, 11) is 0. The van der Waals surface area contributed by atoms with Crippen LogP contribution in [0.4, 0.5) is 5.69 Å². The summed E-state index contributed by atoms with van der Waals surface area (Å²) in [4.78, 5) is 12.3. The third-order valence-corrected chi connectivity index (χ3v) is 3.17. The fraction of sp³-hybridized carbons (Fsp3) is 0.235. The molecule has 2 aromatic rings. The number of hydrogen-bond acceptors (Lipinski definition) is 3. The van der Waals surface area contributed by atoms with Crippen molar-refractivity contribution >= 4 is 11.6 Å². The summed E-state index contributed by atoms with van der Waals surface area (Å²) >= 11 is 0. The predicted molar refractivity (Wildman–Crippen MR) is 84.1 cm³/mol. The first-order valence-electron chi connectivity index (χ1n) is 7.04. The second-order valence-electron chi connectivity index (χ2n) is 4.74. The molecule has 0 unspecified atom stereocenters. The Kier molecular flexibility index (Phi) is 5.35. The van der Waals surface area contributed by atoms with Gasteiger partial charge in [-0.15, -0.1) is 0 Å². The zero-order valence-corrected chi connectivity index (χ0v) is 12.1. The Hall–Kier alpha value is -2.33. The summed E-state index contributed by atoms with van der Waals surface area (Å²) in [6.07, 6.45) is 0. The maximum absolute atomic E-state index is 12.3. The third-order valence-electron chi connectivity index (χ3n) is 3.17. The molecule has 2 rings (SSSR count). The number of para-hydroxylation sites is 1. The highest BCUT2D eigenvalue weighted by Gasteiger charge is 2.09. The highest BCUT2D eigenvalue weighted by Crippen LogP contribution is 2.15. The second kappa shape index (κ2) is 7.45. The maximum atomic E-state index is 12.3. The second-order valence-corrected chi connectivity index (χ2v) is 4.74. The highest BCUT2D eigenvalue weighted by molar-refractivity contribution is 5.99. The van der Waals surface area contributed by atoms with Crippen molar-refractivity contribution in [2.24, 2.45) is 0 Å². The van der Waals surface area contributed by atoms with Crippen molar-refractivity contribution < 1.29 is 9.90 Å². The molecule has 0 saturated heterocycles. The van der Waals surface area contributed by atoms with E-state index in [4.69, 9.17) is 5.11 Å². The molecule has 0 aliphatic rings. The molecular formula is C17H20N2O2. The number of anilines is 1. The van der Waals surface area contributed by atoms with Crippen LogP contribution < -0.4 is 10.6 Å². The summed E-state index contributed by atoms with van der Waals surface area (Å²) in [5, 5.41) is 15.2. The first-order chi connectivity index (χ1) is 10.2. The third kappa shape index (κ3) is 4.07. The lowest BCUT2D eigenvalue weighted by Crippen LogP contribution is -2.24. The van der Waals surface area contributed by atoms with Crippen LogP contribution >= 0.6 is 0 Å². The molecule has 0 bridgehead atoms. The number of aliphatic hydroxyl groups is 1. The van der Waals surface area contributed by atoms with E-state index >= 15 is 0 Å². The molecule has 0 atom stereocenters. The number of hydrogen-bond donors (Lipinski definition) is 3. The van der Waals surface area contributed by atoms with Gasteiger partial charge in [0.15, 0.2) is 0 Å². The van der Waals surface area contributed by atoms with E-state index in [1.807, 2.05) is 49.4 Å². The van der Waals surface area contributed by atoms with Crippen molar-refractivity contribution in [3.05, 3.63) is 65.2 Å². The van der Waals surface area contributed by atoms with E-state index in [1.165, 1.54) is 0 Å². The van der Waals surface area contributed by atoms with Crippen molar-refractivity contribution in [2.45, 2.75) is 20.1 Å². The van der Waals surface area contributed by atoms with Crippen LogP contribution in [0.5, 0.6) is 0 Å². The molecule has 0 aliphatic heterocycles. The molecule has 0 spiro atoms. The van der Waals surface area contributed by atoms with E-state index in [0.717, 1.165) is 23.4 Å². The van der Waals surface area contributed by atoms with Gasteiger partial charge < -0.3 is 15.7 Å². The number of aliphatic hydroxyl groups excluding tert-OH is 1. The molecule has 0 aliphatic carbocycles. The Morgan fingerprint density at radius 2 is 1.86 bits per heavy atom. The molecule has 21 heavy (non-hydrogen) atoms. The van der Waals surface area contributed by atoms with Crippen molar-refractivity contribution in [1.29, 1.82) is 0 Å². The Bertz CT molecular complexity index is 611. The van der Waals surface area contributed by atoms with Crippen LogP contribution in [0.25, 0.3) is 0 Å². The summed E-state index contributed by atoms with van der Waals surface area (Å²) in [6, 6.07) is 15.0. The van der Waals surface area contributed by atoms with E-state index in [9.17, 15) is 4.79 Å². The number of benzene rings is 2. The van der Waals surface area contributed by atoms with Gasteiger partial charge in [-0.2, -0.15) is 0 Å². The minimum Gasteiger partial charge on any atom is -0.392 e. The topological polar surface area (TPSA) is 61.4 Å².